The zero-order valence-corrected chi connectivity index (χ0v) is 8.53. The highest BCUT2D eigenvalue weighted by Crippen LogP contribution is 2.28. The zero-order chi connectivity index (χ0) is 12.3. The average molecular weight is 254 g/mol. The third-order valence-electron chi connectivity index (χ3n) is 1.53. The van der Waals surface area contributed by atoms with Crippen LogP contribution in [0.4, 0.5) is 17.6 Å². The van der Waals surface area contributed by atoms with Gasteiger partial charge in [0, 0.05) is 6.42 Å². The molecule has 0 saturated carbocycles. The standard InChI is InChI=1S/C6H10F4O4S/c1-5(4-7,14-15(11,12)13)2-3-6(8,9)10/h2-4H2,1H3,(H,11,12,13). The molecule has 0 aliphatic carbocycles. The van der Waals surface area contributed by atoms with Crippen molar-refractivity contribution in [1.29, 1.82) is 0 Å². The van der Waals surface area contributed by atoms with Gasteiger partial charge in [-0.15, -0.1) is 0 Å². The third kappa shape index (κ3) is 7.51. The summed E-state index contributed by atoms with van der Waals surface area (Å²) in [5.74, 6) is 0. The monoisotopic (exact) mass is 254 g/mol. The van der Waals surface area contributed by atoms with Crippen LogP contribution >= 0.6 is 0 Å². The molecule has 9 heteroatoms. The second-order valence-electron chi connectivity index (χ2n) is 3.21. The molecular formula is C6H10F4O4S. The predicted octanol–water partition coefficient (Wildman–Crippen LogP) is 1.88. The molecule has 0 rings (SSSR count). The van der Waals surface area contributed by atoms with Crippen molar-refractivity contribution < 1.29 is 34.7 Å². The van der Waals surface area contributed by atoms with E-state index in [9.17, 15) is 26.0 Å². The Balaban J connectivity index is 4.46. The van der Waals surface area contributed by atoms with Gasteiger partial charge in [-0.2, -0.15) is 21.6 Å². The first-order valence-corrected chi connectivity index (χ1v) is 5.15. The fraction of sp³-hybridized carbons (Fsp3) is 1.00. The van der Waals surface area contributed by atoms with E-state index in [0.717, 1.165) is 6.92 Å². The van der Waals surface area contributed by atoms with Gasteiger partial charge in [-0.05, 0) is 13.3 Å². The maximum absolute atomic E-state index is 12.3. The first-order valence-electron chi connectivity index (χ1n) is 3.78. The fourth-order valence-corrected chi connectivity index (χ4v) is 1.43. The Bertz CT molecular complexity index is 299. The van der Waals surface area contributed by atoms with E-state index in [-0.39, 0.29) is 0 Å². The van der Waals surface area contributed by atoms with E-state index in [0.29, 0.717) is 0 Å². The molecule has 0 aliphatic rings. The first-order chi connectivity index (χ1) is 6.47. The van der Waals surface area contributed by atoms with Crippen molar-refractivity contribution >= 4 is 10.4 Å². The van der Waals surface area contributed by atoms with Crippen LogP contribution in [-0.4, -0.2) is 31.4 Å². The van der Waals surface area contributed by atoms with Crippen LogP contribution in [0.15, 0.2) is 0 Å². The molecule has 0 spiro atoms. The number of hydrogen-bond acceptors (Lipinski definition) is 3. The normalized spacial score (nSPS) is 17.5. The van der Waals surface area contributed by atoms with Crippen molar-refractivity contribution in [2.75, 3.05) is 6.67 Å². The van der Waals surface area contributed by atoms with Crippen molar-refractivity contribution in [2.24, 2.45) is 0 Å². The molecule has 1 unspecified atom stereocenters. The van der Waals surface area contributed by atoms with E-state index < -0.39 is 41.7 Å². The molecular weight excluding hydrogens is 244 g/mol. The predicted molar refractivity (Wildman–Crippen MR) is 42.3 cm³/mol. The second kappa shape index (κ2) is 4.62. The first kappa shape index (κ1) is 14.6. The van der Waals surface area contributed by atoms with Gasteiger partial charge in [0.2, 0.25) is 0 Å². The van der Waals surface area contributed by atoms with Gasteiger partial charge in [-0.25, -0.2) is 8.57 Å². The molecule has 15 heavy (non-hydrogen) atoms. The number of alkyl halides is 4. The summed E-state index contributed by atoms with van der Waals surface area (Å²) in [5.41, 5.74) is -2.19. The fourth-order valence-electron chi connectivity index (χ4n) is 0.791. The van der Waals surface area contributed by atoms with E-state index in [1.807, 2.05) is 0 Å². The van der Waals surface area contributed by atoms with Crippen LogP contribution in [-0.2, 0) is 14.6 Å². The number of hydrogen-bond donors (Lipinski definition) is 1. The zero-order valence-electron chi connectivity index (χ0n) is 7.71. The minimum Gasteiger partial charge on any atom is -0.264 e. The maximum atomic E-state index is 12.3. The Morgan fingerprint density at radius 3 is 2.00 bits per heavy atom. The lowest BCUT2D eigenvalue weighted by Crippen LogP contribution is -2.35. The SMILES string of the molecule is CC(CF)(CCC(F)(F)F)OS(=O)(=O)O. The molecule has 0 aliphatic heterocycles. The summed E-state index contributed by atoms with van der Waals surface area (Å²) in [4.78, 5) is 0. The van der Waals surface area contributed by atoms with Crippen LogP contribution in [0, 0.1) is 0 Å². The smallest absolute Gasteiger partial charge is 0.264 e. The van der Waals surface area contributed by atoms with E-state index in [1.54, 1.807) is 0 Å². The quantitative estimate of drug-likeness (QED) is 0.601. The van der Waals surface area contributed by atoms with Crippen LogP contribution in [0.25, 0.3) is 0 Å². The molecule has 0 aromatic heterocycles. The van der Waals surface area contributed by atoms with Gasteiger partial charge in [-0.1, -0.05) is 0 Å². The van der Waals surface area contributed by atoms with Crippen molar-refractivity contribution in [3.05, 3.63) is 0 Å². The lowest BCUT2D eigenvalue weighted by molar-refractivity contribution is -0.144. The number of rotatable bonds is 5. The Hall–Kier alpha value is -0.410. The Kier molecular flexibility index (Phi) is 4.49. The van der Waals surface area contributed by atoms with Gasteiger partial charge in [-0.3, -0.25) is 4.55 Å². The van der Waals surface area contributed by atoms with E-state index in [4.69, 9.17) is 4.55 Å². The third-order valence-corrected chi connectivity index (χ3v) is 2.14. The molecule has 0 fully saturated rings. The highest BCUT2D eigenvalue weighted by atomic mass is 32.3. The molecule has 0 radical (unpaired) electrons. The summed E-state index contributed by atoms with van der Waals surface area (Å²) in [5, 5.41) is 0. The van der Waals surface area contributed by atoms with Crippen LogP contribution < -0.4 is 0 Å². The van der Waals surface area contributed by atoms with E-state index in [2.05, 4.69) is 4.18 Å². The van der Waals surface area contributed by atoms with Crippen molar-refractivity contribution in [1.82, 2.24) is 0 Å². The highest BCUT2D eigenvalue weighted by molar-refractivity contribution is 7.80. The summed E-state index contributed by atoms with van der Waals surface area (Å²) < 4.78 is 80.0. The van der Waals surface area contributed by atoms with Gasteiger partial charge >= 0.3 is 16.6 Å². The minimum atomic E-state index is -4.97. The van der Waals surface area contributed by atoms with Gasteiger partial charge in [0.15, 0.2) is 0 Å². The molecule has 0 aromatic rings. The van der Waals surface area contributed by atoms with E-state index in [1.165, 1.54) is 0 Å². The molecule has 4 nitrogen and oxygen atoms in total. The Morgan fingerprint density at radius 1 is 1.27 bits per heavy atom. The van der Waals surface area contributed by atoms with Gasteiger partial charge in [0.25, 0.3) is 0 Å². The van der Waals surface area contributed by atoms with Crippen LogP contribution in [0.1, 0.15) is 19.8 Å². The van der Waals surface area contributed by atoms with Gasteiger partial charge in [0.1, 0.15) is 12.3 Å². The summed E-state index contributed by atoms with van der Waals surface area (Å²) >= 11 is 0. The van der Waals surface area contributed by atoms with Crippen molar-refractivity contribution in [3.63, 3.8) is 0 Å². The molecule has 92 valence electrons. The Labute approximate surface area is 84.2 Å². The molecule has 0 heterocycles. The second-order valence-corrected chi connectivity index (χ2v) is 4.23. The van der Waals surface area contributed by atoms with Gasteiger partial charge in [0.05, 0.1) is 0 Å². The maximum Gasteiger partial charge on any atom is 0.397 e. The van der Waals surface area contributed by atoms with Crippen molar-refractivity contribution in [3.8, 4) is 0 Å². The lowest BCUT2D eigenvalue weighted by Gasteiger charge is -2.24. The number of halogens is 4. The summed E-state index contributed by atoms with van der Waals surface area (Å²) in [6.45, 7) is -0.630. The minimum absolute atomic E-state index is 0.826. The molecule has 0 aromatic carbocycles. The van der Waals surface area contributed by atoms with Crippen LogP contribution in [0.5, 0.6) is 0 Å². The lowest BCUT2D eigenvalue weighted by atomic mass is 10.0. The highest BCUT2D eigenvalue weighted by Gasteiger charge is 2.37. The van der Waals surface area contributed by atoms with E-state index >= 15 is 0 Å². The summed E-state index contributed by atoms with van der Waals surface area (Å²) in [6.07, 6.45) is -6.84. The van der Waals surface area contributed by atoms with Crippen LogP contribution in [0.2, 0.25) is 0 Å². The molecule has 0 saturated heterocycles. The molecule has 0 bridgehead atoms. The van der Waals surface area contributed by atoms with Crippen LogP contribution in [0.3, 0.4) is 0 Å². The Morgan fingerprint density at radius 2 is 1.73 bits per heavy atom. The topological polar surface area (TPSA) is 63.6 Å². The summed E-state index contributed by atoms with van der Waals surface area (Å²) in [7, 11) is -4.97. The largest absolute Gasteiger partial charge is 0.397 e. The molecule has 1 N–H and O–H groups in total. The van der Waals surface area contributed by atoms with Gasteiger partial charge < -0.3 is 0 Å². The molecule has 1 atom stereocenters. The van der Waals surface area contributed by atoms with Crippen molar-refractivity contribution in [2.45, 2.75) is 31.5 Å². The molecule has 0 amide bonds. The average Bonchev–Trinajstić information content (AvgIpc) is 1.97. The summed E-state index contributed by atoms with van der Waals surface area (Å²) in [6, 6.07) is 0.